The number of ether oxygens (including phenoxy) is 2. The van der Waals surface area contributed by atoms with E-state index in [0.29, 0.717) is 23.6 Å². The number of para-hydroxylation sites is 1. The maximum absolute atomic E-state index is 14.1. The monoisotopic (exact) mass is 520 g/mol. The molecule has 3 aliphatic heterocycles. The molecule has 3 heterocycles. The van der Waals surface area contributed by atoms with Gasteiger partial charge in [-0.05, 0) is 57.1 Å². The molecule has 36 heavy (non-hydrogen) atoms. The van der Waals surface area contributed by atoms with Crippen molar-refractivity contribution in [2.45, 2.75) is 77.7 Å². The van der Waals surface area contributed by atoms with Crippen molar-refractivity contribution in [1.82, 2.24) is 4.90 Å². The lowest BCUT2D eigenvalue weighted by atomic mass is 9.62. The molecule has 3 saturated heterocycles. The van der Waals surface area contributed by atoms with E-state index in [-0.39, 0.29) is 31.0 Å². The average molecular weight is 521 g/mol. The largest absolute Gasteiger partial charge is 0.466 e. The number of fused-ring (bicyclic) bond motifs is 1. The molecule has 1 spiro atoms. The van der Waals surface area contributed by atoms with E-state index < -0.39 is 47.0 Å². The minimum Gasteiger partial charge on any atom is -0.466 e. The van der Waals surface area contributed by atoms with Crippen molar-refractivity contribution in [2.75, 3.05) is 18.5 Å². The van der Waals surface area contributed by atoms with Gasteiger partial charge in [0.2, 0.25) is 11.8 Å². The number of carbonyl (C=O) groups is 3. The first-order valence-electron chi connectivity index (χ1n) is 12.8. The molecule has 3 unspecified atom stereocenters. The molecule has 0 radical (unpaired) electrons. The molecule has 1 aromatic carbocycles. The van der Waals surface area contributed by atoms with Gasteiger partial charge in [-0.25, -0.2) is 0 Å². The number of halogens is 1. The van der Waals surface area contributed by atoms with Gasteiger partial charge in [0.15, 0.2) is 0 Å². The lowest BCUT2D eigenvalue weighted by molar-refractivity contribution is -0.162. The van der Waals surface area contributed by atoms with Gasteiger partial charge in [0.25, 0.3) is 0 Å². The van der Waals surface area contributed by atoms with E-state index in [1.807, 2.05) is 40.7 Å². The van der Waals surface area contributed by atoms with Crippen molar-refractivity contribution < 1.29 is 29.0 Å². The summed E-state index contributed by atoms with van der Waals surface area (Å²) in [6, 6.07) is 3.69. The Kier molecular flexibility index (Phi) is 7.18. The van der Waals surface area contributed by atoms with Crippen LogP contribution in [0.25, 0.3) is 0 Å². The molecule has 2 bridgehead atoms. The molecule has 0 aliphatic carbocycles. The van der Waals surface area contributed by atoms with Crippen LogP contribution in [0.3, 0.4) is 0 Å². The van der Waals surface area contributed by atoms with E-state index in [0.717, 1.165) is 5.56 Å². The average Bonchev–Trinajstić information content (AvgIpc) is 3.31. The van der Waals surface area contributed by atoms with Gasteiger partial charge >= 0.3 is 5.97 Å². The van der Waals surface area contributed by atoms with Crippen LogP contribution in [0.15, 0.2) is 18.2 Å². The van der Waals surface area contributed by atoms with E-state index in [2.05, 4.69) is 5.32 Å². The van der Waals surface area contributed by atoms with Crippen LogP contribution >= 0.6 is 11.6 Å². The number of hydrogen-bond donors (Lipinski definition) is 2. The van der Waals surface area contributed by atoms with Gasteiger partial charge in [0, 0.05) is 0 Å². The third-order valence-corrected chi connectivity index (χ3v) is 8.67. The summed E-state index contributed by atoms with van der Waals surface area (Å²) >= 11 is 6.41. The Morgan fingerprint density at radius 2 is 2.06 bits per heavy atom. The van der Waals surface area contributed by atoms with Crippen LogP contribution in [0, 0.1) is 30.6 Å². The van der Waals surface area contributed by atoms with Gasteiger partial charge in [0.05, 0.1) is 41.5 Å². The van der Waals surface area contributed by atoms with Gasteiger partial charge in [0.1, 0.15) is 17.6 Å². The third-order valence-electron chi connectivity index (χ3n) is 8.36. The number of carbonyl (C=O) groups excluding carboxylic acids is 3. The van der Waals surface area contributed by atoms with Crippen LogP contribution < -0.4 is 5.32 Å². The predicted molar refractivity (Wildman–Crippen MR) is 135 cm³/mol. The van der Waals surface area contributed by atoms with E-state index in [1.165, 1.54) is 4.90 Å². The van der Waals surface area contributed by atoms with Crippen LogP contribution in [0.1, 0.15) is 53.0 Å². The van der Waals surface area contributed by atoms with Crippen LogP contribution in [0.4, 0.5) is 5.69 Å². The Labute approximate surface area is 217 Å². The Morgan fingerprint density at radius 3 is 2.64 bits per heavy atom. The topological polar surface area (TPSA) is 105 Å². The van der Waals surface area contributed by atoms with Gasteiger partial charge in [-0.3, -0.25) is 14.4 Å². The van der Waals surface area contributed by atoms with Crippen LogP contribution in [-0.2, 0) is 23.9 Å². The quantitative estimate of drug-likeness (QED) is 0.508. The molecule has 4 rings (SSSR count). The number of anilines is 1. The number of nitrogens with one attached hydrogen (secondary N) is 1. The summed E-state index contributed by atoms with van der Waals surface area (Å²) in [7, 11) is 0. The van der Waals surface area contributed by atoms with E-state index in [4.69, 9.17) is 21.1 Å². The second kappa shape index (κ2) is 9.62. The lowest BCUT2D eigenvalue weighted by Crippen LogP contribution is -2.56. The second-order valence-corrected chi connectivity index (χ2v) is 11.5. The molecule has 3 fully saturated rings. The van der Waals surface area contributed by atoms with Crippen molar-refractivity contribution in [3.8, 4) is 0 Å². The van der Waals surface area contributed by atoms with Crippen molar-refractivity contribution >= 4 is 35.1 Å². The molecule has 0 saturated carbocycles. The summed E-state index contributed by atoms with van der Waals surface area (Å²) in [5, 5.41) is 13.7. The standard InChI is InChI=1S/C27H37ClN2O6/c1-7-35-25(34)20-19-24(33)30(17(13-31)11-14(2)3)22(27(19)12-16(5)26(20,6)36-27)23(32)29-21-15(4)9-8-10-18(21)28/h8-10,14,16-17,19-20,22,31H,7,11-13H2,1-6H3,(H,29,32)/t16?,17-,19+,20-,22?,26+,27?/m1/s1. The summed E-state index contributed by atoms with van der Waals surface area (Å²) in [6.07, 6.45) is 0.933. The summed E-state index contributed by atoms with van der Waals surface area (Å²) in [6.45, 7) is 11.3. The zero-order chi connectivity index (χ0) is 26.6. The highest BCUT2D eigenvalue weighted by atomic mass is 35.5. The minimum absolute atomic E-state index is 0.0917. The molecule has 198 valence electrons. The third kappa shape index (κ3) is 3.92. The fourth-order valence-corrected chi connectivity index (χ4v) is 7.03. The number of hydrogen-bond acceptors (Lipinski definition) is 6. The number of benzene rings is 1. The number of rotatable bonds is 8. The molecule has 3 aliphatic rings. The maximum Gasteiger partial charge on any atom is 0.312 e. The van der Waals surface area contributed by atoms with Gasteiger partial charge in [-0.1, -0.05) is 44.5 Å². The Bertz CT molecular complexity index is 1040. The molecule has 1 aromatic rings. The number of aryl methyl sites for hydroxylation is 1. The van der Waals surface area contributed by atoms with E-state index in [9.17, 15) is 19.5 Å². The summed E-state index contributed by atoms with van der Waals surface area (Å²) in [5.41, 5.74) is -0.908. The van der Waals surface area contributed by atoms with Crippen molar-refractivity contribution in [2.24, 2.45) is 23.7 Å². The lowest BCUT2D eigenvalue weighted by Gasteiger charge is -2.37. The molecule has 9 heteroatoms. The summed E-state index contributed by atoms with van der Waals surface area (Å²) in [5.74, 6) is -2.91. The first-order chi connectivity index (χ1) is 16.9. The molecular weight excluding hydrogens is 484 g/mol. The molecule has 8 nitrogen and oxygen atoms in total. The van der Waals surface area contributed by atoms with E-state index >= 15 is 0 Å². The van der Waals surface area contributed by atoms with Crippen LogP contribution in [0.5, 0.6) is 0 Å². The molecule has 2 amide bonds. The van der Waals surface area contributed by atoms with Crippen LogP contribution in [0.2, 0.25) is 5.02 Å². The first-order valence-corrected chi connectivity index (χ1v) is 13.2. The molecular formula is C27H37ClN2O6. The first kappa shape index (κ1) is 26.9. The fraction of sp³-hybridized carbons (Fsp3) is 0.667. The summed E-state index contributed by atoms with van der Waals surface area (Å²) < 4.78 is 12.1. The normalized spacial score (nSPS) is 33.7. The molecule has 0 aromatic heterocycles. The Hall–Kier alpha value is -2.16. The van der Waals surface area contributed by atoms with Gasteiger partial charge in [-0.15, -0.1) is 0 Å². The highest BCUT2D eigenvalue weighted by molar-refractivity contribution is 6.34. The smallest absolute Gasteiger partial charge is 0.312 e. The highest BCUT2D eigenvalue weighted by Gasteiger charge is 2.80. The number of aliphatic hydroxyl groups is 1. The van der Waals surface area contributed by atoms with Gasteiger partial charge < -0.3 is 24.8 Å². The number of amides is 2. The predicted octanol–water partition coefficient (Wildman–Crippen LogP) is 3.57. The van der Waals surface area contributed by atoms with Gasteiger partial charge in [-0.2, -0.15) is 0 Å². The molecule has 2 N–H and O–H groups in total. The Morgan fingerprint density at radius 1 is 1.36 bits per heavy atom. The minimum atomic E-state index is -1.22. The van der Waals surface area contributed by atoms with Crippen molar-refractivity contribution in [3.05, 3.63) is 28.8 Å². The SMILES string of the molecule is CCOC(=O)[C@H]1[C@H]2C(=O)N([C@@H](CO)CC(C)C)C(C(=O)Nc3c(C)cccc3Cl)C23CC(C)[C@]1(C)O3. The van der Waals surface area contributed by atoms with E-state index in [1.54, 1.807) is 19.1 Å². The zero-order valence-electron chi connectivity index (χ0n) is 21.8. The van der Waals surface area contributed by atoms with Crippen molar-refractivity contribution in [3.63, 3.8) is 0 Å². The highest BCUT2D eigenvalue weighted by Crippen LogP contribution is 2.65. The number of esters is 1. The Balaban J connectivity index is 1.84. The van der Waals surface area contributed by atoms with Crippen molar-refractivity contribution in [1.29, 1.82) is 0 Å². The molecule has 7 atom stereocenters. The number of likely N-dealkylation sites (tertiary alicyclic amines) is 1. The number of aliphatic hydroxyl groups excluding tert-OH is 1. The fourth-order valence-electron chi connectivity index (χ4n) is 6.76. The maximum atomic E-state index is 14.1. The second-order valence-electron chi connectivity index (χ2n) is 11.1. The summed E-state index contributed by atoms with van der Waals surface area (Å²) in [4.78, 5) is 42.9. The van der Waals surface area contributed by atoms with Crippen LogP contribution in [-0.4, -0.2) is 64.3 Å². The zero-order valence-corrected chi connectivity index (χ0v) is 22.6. The number of nitrogens with zero attached hydrogens (tertiary/aromatic N) is 1.